The monoisotopic (exact) mass is 422 g/mol. The standard InChI is InChI=1S/C23H26N6O2.2H2/c1-3-31-21-15-24-14-18(28-21)17-7-8-20(26-13-17)29-22(30)23(10-5-4-6-11-23)19-9-12-25-16(2)27-19;;/h7-9,12-15H,3-6,10-11H2,1-2H3,(H,26,29,30);2*1H. The SMILES string of the molecule is CCOc1cncc(-c2ccc(NC(=O)C3(c4ccnc(C)n4)CCCCC3)nc2)n1.[HH].[HH]. The Hall–Kier alpha value is -3.42. The van der Waals surface area contributed by atoms with Crippen molar-refractivity contribution in [2.75, 3.05) is 11.9 Å². The van der Waals surface area contributed by atoms with E-state index in [1.165, 1.54) is 0 Å². The summed E-state index contributed by atoms with van der Waals surface area (Å²) >= 11 is 0. The highest BCUT2D eigenvalue weighted by molar-refractivity contribution is 5.98. The van der Waals surface area contributed by atoms with Crippen LogP contribution in [0.25, 0.3) is 11.3 Å². The minimum Gasteiger partial charge on any atom is -0.477 e. The lowest BCUT2D eigenvalue weighted by Crippen LogP contribution is -2.43. The third-order valence-electron chi connectivity index (χ3n) is 5.61. The number of anilines is 1. The Morgan fingerprint density at radius 2 is 1.94 bits per heavy atom. The maximum Gasteiger partial charge on any atom is 0.237 e. The van der Waals surface area contributed by atoms with Gasteiger partial charge in [0.25, 0.3) is 0 Å². The molecule has 1 amide bonds. The molecule has 0 aliphatic heterocycles. The van der Waals surface area contributed by atoms with E-state index in [1.807, 2.05) is 26.0 Å². The Labute approximate surface area is 184 Å². The van der Waals surface area contributed by atoms with Crippen molar-refractivity contribution in [2.45, 2.75) is 51.4 Å². The molecule has 3 heterocycles. The third kappa shape index (κ3) is 4.52. The Balaban J connectivity index is 0.00000193. The molecule has 8 heteroatoms. The second-order valence-corrected chi connectivity index (χ2v) is 7.69. The van der Waals surface area contributed by atoms with Gasteiger partial charge < -0.3 is 10.1 Å². The fraction of sp³-hybridized carbons (Fsp3) is 0.391. The first kappa shape index (κ1) is 20.8. The van der Waals surface area contributed by atoms with Crippen molar-refractivity contribution in [2.24, 2.45) is 0 Å². The number of ether oxygens (including phenoxy) is 1. The van der Waals surface area contributed by atoms with Gasteiger partial charge in [0.1, 0.15) is 11.6 Å². The molecule has 8 nitrogen and oxygen atoms in total. The van der Waals surface area contributed by atoms with E-state index in [9.17, 15) is 4.79 Å². The van der Waals surface area contributed by atoms with Gasteiger partial charge in [-0.2, -0.15) is 0 Å². The highest BCUT2D eigenvalue weighted by Gasteiger charge is 2.42. The van der Waals surface area contributed by atoms with Crippen LogP contribution in [0.15, 0.2) is 43.0 Å². The van der Waals surface area contributed by atoms with E-state index >= 15 is 0 Å². The molecular weight excluding hydrogens is 392 g/mol. The van der Waals surface area contributed by atoms with E-state index in [-0.39, 0.29) is 8.76 Å². The second kappa shape index (κ2) is 9.16. The number of aryl methyl sites for hydroxylation is 1. The van der Waals surface area contributed by atoms with Crippen molar-refractivity contribution in [3.05, 3.63) is 54.5 Å². The number of aromatic nitrogens is 5. The minimum absolute atomic E-state index is 0. The van der Waals surface area contributed by atoms with Gasteiger partial charge in [0, 0.05) is 20.8 Å². The number of carbonyl (C=O) groups excluding carboxylic acids is 1. The normalized spacial score (nSPS) is 15.3. The Morgan fingerprint density at radius 1 is 1.10 bits per heavy atom. The molecule has 0 saturated heterocycles. The highest BCUT2D eigenvalue weighted by atomic mass is 16.5. The number of rotatable bonds is 6. The quantitative estimate of drug-likeness (QED) is 0.629. The highest BCUT2D eigenvalue weighted by Crippen LogP contribution is 2.39. The van der Waals surface area contributed by atoms with Gasteiger partial charge in [0.15, 0.2) is 0 Å². The van der Waals surface area contributed by atoms with Crippen LogP contribution in [0, 0.1) is 6.92 Å². The first-order valence-electron chi connectivity index (χ1n) is 10.6. The first-order valence-corrected chi connectivity index (χ1v) is 10.6. The van der Waals surface area contributed by atoms with Crippen LogP contribution in [0.1, 0.15) is 53.4 Å². The molecule has 0 radical (unpaired) electrons. The Kier molecular flexibility index (Phi) is 6.16. The zero-order chi connectivity index (χ0) is 21.7. The van der Waals surface area contributed by atoms with E-state index in [0.29, 0.717) is 29.8 Å². The van der Waals surface area contributed by atoms with Crippen LogP contribution >= 0.6 is 0 Å². The summed E-state index contributed by atoms with van der Waals surface area (Å²) in [5.74, 6) is 1.58. The minimum atomic E-state index is -0.649. The van der Waals surface area contributed by atoms with Gasteiger partial charge in [0.05, 0.1) is 35.8 Å². The number of pyridine rings is 1. The first-order chi connectivity index (χ1) is 15.1. The summed E-state index contributed by atoms with van der Waals surface area (Å²) in [6.45, 7) is 4.27. The van der Waals surface area contributed by atoms with Crippen molar-refractivity contribution in [1.29, 1.82) is 0 Å². The summed E-state index contributed by atoms with van der Waals surface area (Å²) in [7, 11) is 0. The van der Waals surface area contributed by atoms with Crippen molar-refractivity contribution in [3.63, 3.8) is 0 Å². The summed E-state index contributed by atoms with van der Waals surface area (Å²) in [5, 5.41) is 3.01. The van der Waals surface area contributed by atoms with Crippen molar-refractivity contribution in [3.8, 4) is 17.1 Å². The molecule has 1 aliphatic rings. The molecule has 1 N–H and O–H groups in total. The van der Waals surface area contributed by atoms with E-state index in [4.69, 9.17) is 4.74 Å². The summed E-state index contributed by atoms with van der Waals surface area (Å²) in [5.41, 5.74) is 1.60. The maximum atomic E-state index is 13.4. The molecule has 164 valence electrons. The lowest BCUT2D eigenvalue weighted by Gasteiger charge is -2.35. The third-order valence-corrected chi connectivity index (χ3v) is 5.61. The summed E-state index contributed by atoms with van der Waals surface area (Å²) < 4.78 is 5.41. The molecule has 3 aromatic heterocycles. The van der Waals surface area contributed by atoms with Gasteiger partial charge in [-0.3, -0.25) is 9.78 Å². The molecule has 4 rings (SSSR count). The summed E-state index contributed by atoms with van der Waals surface area (Å²) in [4.78, 5) is 35.2. The molecule has 0 aromatic carbocycles. The Morgan fingerprint density at radius 3 is 2.65 bits per heavy atom. The summed E-state index contributed by atoms with van der Waals surface area (Å²) in [6, 6.07) is 5.51. The number of amides is 1. The maximum absolute atomic E-state index is 13.4. The van der Waals surface area contributed by atoms with E-state index < -0.39 is 5.41 Å². The molecule has 0 atom stereocenters. The van der Waals surface area contributed by atoms with Crippen molar-refractivity contribution < 1.29 is 12.4 Å². The zero-order valence-corrected chi connectivity index (χ0v) is 17.8. The predicted molar refractivity (Wildman–Crippen MR) is 121 cm³/mol. The number of hydrogen-bond donors (Lipinski definition) is 1. The fourth-order valence-electron chi connectivity index (χ4n) is 4.04. The predicted octanol–water partition coefficient (Wildman–Crippen LogP) is 4.37. The topological polar surface area (TPSA) is 103 Å². The van der Waals surface area contributed by atoms with Crippen LogP contribution in [0.3, 0.4) is 0 Å². The van der Waals surface area contributed by atoms with Crippen LogP contribution in [-0.2, 0) is 10.2 Å². The number of nitrogens with one attached hydrogen (secondary N) is 1. The summed E-state index contributed by atoms with van der Waals surface area (Å²) in [6.07, 6.45) is 11.3. The van der Waals surface area contributed by atoms with Crippen molar-refractivity contribution >= 4 is 11.7 Å². The van der Waals surface area contributed by atoms with Gasteiger partial charge in [-0.05, 0) is 44.9 Å². The molecule has 1 aliphatic carbocycles. The number of carbonyl (C=O) groups is 1. The molecule has 1 fully saturated rings. The average Bonchev–Trinajstić information content (AvgIpc) is 2.80. The van der Waals surface area contributed by atoms with E-state index in [0.717, 1.165) is 43.4 Å². The lowest BCUT2D eigenvalue weighted by atomic mass is 9.71. The van der Waals surface area contributed by atoms with E-state index in [1.54, 1.807) is 30.9 Å². The van der Waals surface area contributed by atoms with Gasteiger partial charge in [-0.1, -0.05) is 19.3 Å². The molecule has 0 spiro atoms. The van der Waals surface area contributed by atoms with Crippen LogP contribution in [0.4, 0.5) is 5.82 Å². The Bertz CT molecular complexity index is 1060. The molecule has 31 heavy (non-hydrogen) atoms. The smallest absolute Gasteiger partial charge is 0.237 e. The zero-order valence-electron chi connectivity index (χ0n) is 17.8. The van der Waals surface area contributed by atoms with Crippen LogP contribution in [0.2, 0.25) is 0 Å². The van der Waals surface area contributed by atoms with Gasteiger partial charge >= 0.3 is 0 Å². The molecule has 3 aromatic rings. The number of nitrogens with zero attached hydrogens (tertiary/aromatic N) is 5. The van der Waals surface area contributed by atoms with Crippen molar-refractivity contribution in [1.82, 2.24) is 24.9 Å². The fourth-order valence-corrected chi connectivity index (χ4v) is 4.04. The molecule has 0 unspecified atom stereocenters. The van der Waals surface area contributed by atoms with Gasteiger partial charge in [0.2, 0.25) is 11.8 Å². The molecule has 0 bridgehead atoms. The largest absolute Gasteiger partial charge is 0.477 e. The molecular formula is C23H30N6O2. The van der Waals surface area contributed by atoms with E-state index in [2.05, 4.69) is 30.2 Å². The lowest BCUT2D eigenvalue weighted by molar-refractivity contribution is -0.123. The van der Waals surface area contributed by atoms with Gasteiger partial charge in [-0.15, -0.1) is 0 Å². The average molecular weight is 423 g/mol. The molecule has 1 saturated carbocycles. The van der Waals surface area contributed by atoms with Crippen LogP contribution in [-0.4, -0.2) is 37.4 Å². The van der Waals surface area contributed by atoms with Gasteiger partial charge in [-0.25, -0.2) is 19.9 Å². The number of hydrogen-bond acceptors (Lipinski definition) is 7. The van der Waals surface area contributed by atoms with Crippen LogP contribution in [0.5, 0.6) is 5.88 Å². The second-order valence-electron chi connectivity index (χ2n) is 7.69. The van der Waals surface area contributed by atoms with Crippen LogP contribution < -0.4 is 10.1 Å².